The maximum atomic E-state index is 12.6. The van der Waals surface area contributed by atoms with Gasteiger partial charge in [-0.3, -0.25) is 10.1 Å². The highest BCUT2D eigenvalue weighted by Crippen LogP contribution is 2.30. The topological polar surface area (TPSA) is 54.5 Å². The van der Waals surface area contributed by atoms with E-state index in [2.05, 4.69) is 15.1 Å². The van der Waals surface area contributed by atoms with E-state index in [4.69, 9.17) is 0 Å². The van der Waals surface area contributed by atoms with Crippen LogP contribution in [0.3, 0.4) is 0 Å². The Balaban J connectivity index is 2.21. The lowest BCUT2D eigenvalue weighted by Gasteiger charge is -2.04. The standard InChI is InChI=1S/C13H9F3N4/c1-7-6-9(8-4-2-3-5-10(8)17-7)11-18-12(20-19-11)13(14,15)16/h2-6H,1H3,(H,18,19,20). The summed E-state index contributed by atoms with van der Waals surface area (Å²) in [6.45, 7) is 1.77. The van der Waals surface area contributed by atoms with Crippen LogP contribution in [0.5, 0.6) is 0 Å². The van der Waals surface area contributed by atoms with Gasteiger partial charge in [-0.05, 0) is 19.1 Å². The Hall–Kier alpha value is -2.44. The Morgan fingerprint density at radius 2 is 1.85 bits per heavy atom. The molecule has 0 spiro atoms. The average molecular weight is 278 g/mol. The third-order valence-corrected chi connectivity index (χ3v) is 2.84. The van der Waals surface area contributed by atoms with Crippen molar-refractivity contribution in [3.05, 3.63) is 41.9 Å². The molecule has 0 fully saturated rings. The number of aromatic amines is 1. The number of hydrogen-bond acceptors (Lipinski definition) is 3. The number of alkyl halides is 3. The molecule has 7 heteroatoms. The lowest BCUT2D eigenvalue weighted by Crippen LogP contribution is -2.07. The molecule has 0 aliphatic carbocycles. The predicted molar refractivity (Wildman–Crippen MR) is 66.9 cm³/mol. The summed E-state index contributed by atoms with van der Waals surface area (Å²) >= 11 is 0. The fraction of sp³-hybridized carbons (Fsp3) is 0.154. The number of rotatable bonds is 1. The Bertz CT molecular complexity index is 777. The van der Waals surface area contributed by atoms with Crippen LogP contribution in [0.1, 0.15) is 11.5 Å². The van der Waals surface area contributed by atoms with E-state index in [1.807, 2.05) is 11.2 Å². The SMILES string of the molecule is Cc1cc(-c2n[nH]c(C(F)(F)F)n2)c2ccccc2n1. The Morgan fingerprint density at radius 1 is 1.10 bits per heavy atom. The second-order valence-corrected chi connectivity index (χ2v) is 4.33. The van der Waals surface area contributed by atoms with E-state index in [0.29, 0.717) is 22.2 Å². The molecular formula is C13H9F3N4. The van der Waals surface area contributed by atoms with Crippen molar-refractivity contribution in [3.8, 4) is 11.4 Å². The molecule has 102 valence electrons. The quantitative estimate of drug-likeness (QED) is 0.742. The number of benzene rings is 1. The van der Waals surface area contributed by atoms with E-state index >= 15 is 0 Å². The molecule has 2 aromatic heterocycles. The van der Waals surface area contributed by atoms with E-state index in [0.717, 1.165) is 0 Å². The van der Waals surface area contributed by atoms with Gasteiger partial charge >= 0.3 is 6.18 Å². The number of hydrogen-bond donors (Lipinski definition) is 1. The van der Waals surface area contributed by atoms with Crippen LogP contribution in [0, 0.1) is 6.92 Å². The van der Waals surface area contributed by atoms with Crippen molar-refractivity contribution >= 4 is 10.9 Å². The van der Waals surface area contributed by atoms with Crippen LogP contribution in [0.15, 0.2) is 30.3 Å². The van der Waals surface area contributed by atoms with E-state index < -0.39 is 12.0 Å². The largest absolute Gasteiger partial charge is 0.451 e. The van der Waals surface area contributed by atoms with Gasteiger partial charge in [-0.1, -0.05) is 18.2 Å². The molecule has 0 aliphatic heterocycles. The summed E-state index contributed by atoms with van der Waals surface area (Å²) in [5.41, 5.74) is 1.91. The predicted octanol–water partition coefficient (Wildman–Crippen LogP) is 3.35. The molecule has 20 heavy (non-hydrogen) atoms. The van der Waals surface area contributed by atoms with Crippen LogP contribution in [0.25, 0.3) is 22.3 Å². The molecule has 0 saturated carbocycles. The van der Waals surface area contributed by atoms with Gasteiger partial charge in [0.15, 0.2) is 5.82 Å². The molecule has 0 amide bonds. The molecule has 3 aromatic rings. The van der Waals surface area contributed by atoms with Gasteiger partial charge in [0, 0.05) is 16.6 Å². The molecule has 0 saturated heterocycles. The number of nitrogens with zero attached hydrogens (tertiary/aromatic N) is 3. The summed E-state index contributed by atoms with van der Waals surface area (Å²) < 4.78 is 37.7. The second kappa shape index (κ2) is 4.29. The van der Waals surface area contributed by atoms with E-state index in [1.54, 1.807) is 31.2 Å². The zero-order valence-electron chi connectivity index (χ0n) is 10.4. The zero-order chi connectivity index (χ0) is 14.3. The minimum atomic E-state index is -4.54. The van der Waals surface area contributed by atoms with E-state index in [1.165, 1.54) is 0 Å². The van der Waals surface area contributed by atoms with E-state index in [9.17, 15) is 13.2 Å². The van der Waals surface area contributed by atoms with Gasteiger partial charge in [0.2, 0.25) is 5.82 Å². The minimum absolute atomic E-state index is 0.0130. The first-order chi connectivity index (χ1) is 9.45. The smallest absolute Gasteiger partial charge is 0.255 e. The molecule has 2 heterocycles. The normalized spacial score (nSPS) is 12.0. The molecule has 0 unspecified atom stereocenters. The number of fused-ring (bicyclic) bond motifs is 1. The summed E-state index contributed by atoms with van der Waals surface area (Å²) in [7, 11) is 0. The summed E-state index contributed by atoms with van der Waals surface area (Å²) in [6.07, 6.45) is -4.54. The summed E-state index contributed by atoms with van der Waals surface area (Å²) in [5.74, 6) is -1.09. The molecule has 0 atom stereocenters. The van der Waals surface area contributed by atoms with Gasteiger partial charge < -0.3 is 0 Å². The van der Waals surface area contributed by atoms with Crippen molar-refractivity contribution < 1.29 is 13.2 Å². The lowest BCUT2D eigenvalue weighted by atomic mass is 10.1. The van der Waals surface area contributed by atoms with Crippen LogP contribution >= 0.6 is 0 Å². The van der Waals surface area contributed by atoms with Gasteiger partial charge in [-0.15, -0.1) is 0 Å². The average Bonchev–Trinajstić information content (AvgIpc) is 2.87. The molecular weight excluding hydrogens is 269 g/mol. The molecule has 3 rings (SSSR count). The second-order valence-electron chi connectivity index (χ2n) is 4.33. The zero-order valence-corrected chi connectivity index (χ0v) is 10.4. The first-order valence-corrected chi connectivity index (χ1v) is 5.81. The molecule has 0 bridgehead atoms. The van der Waals surface area contributed by atoms with Gasteiger partial charge in [0.1, 0.15) is 0 Å². The Labute approximate surface area is 111 Å². The molecule has 1 aromatic carbocycles. The number of halogens is 3. The lowest BCUT2D eigenvalue weighted by molar-refractivity contribution is -0.144. The van der Waals surface area contributed by atoms with Gasteiger partial charge in [-0.2, -0.15) is 18.3 Å². The summed E-state index contributed by atoms with van der Waals surface area (Å²) in [4.78, 5) is 7.85. The summed E-state index contributed by atoms with van der Waals surface area (Å²) in [5, 5.41) is 6.30. The number of pyridine rings is 1. The fourth-order valence-electron chi connectivity index (χ4n) is 2.00. The third kappa shape index (κ3) is 2.11. The number of aryl methyl sites for hydroxylation is 1. The molecule has 0 radical (unpaired) electrons. The first-order valence-electron chi connectivity index (χ1n) is 5.81. The summed E-state index contributed by atoms with van der Waals surface area (Å²) in [6, 6.07) is 8.85. The van der Waals surface area contributed by atoms with Crippen molar-refractivity contribution in [2.24, 2.45) is 0 Å². The van der Waals surface area contributed by atoms with Crippen molar-refractivity contribution in [2.45, 2.75) is 13.1 Å². The van der Waals surface area contributed by atoms with Crippen molar-refractivity contribution in [1.29, 1.82) is 0 Å². The van der Waals surface area contributed by atoms with Crippen LogP contribution in [-0.2, 0) is 6.18 Å². The van der Waals surface area contributed by atoms with Crippen LogP contribution < -0.4 is 0 Å². The third-order valence-electron chi connectivity index (χ3n) is 2.84. The molecule has 4 nitrogen and oxygen atoms in total. The van der Waals surface area contributed by atoms with Crippen LogP contribution in [0.2, 0.25) is 0 Å². The Kier molecular flexibility index (Phi) is 2.70. The Morgan fingerprint density at radius 3 is 2.55 bits per heavy atom. The van der Waals surface area contributed by atoms with Crippen LogP contribution in [0.4, 0.5) is 13.2 Å². The number of aromatic nitrogens is 4. The highest BCUT2D eigenvalue weighted by atomic mass is 19.4. The van der Waals surface area contributed by atoms with Gasteiger partial charge in [-0.25, -0.2) is 4.98 Å². The molecule has 0 aliphatic rings. The van der Waals surface area contributed by atoms with E-state index in [-0.39, 0.29) is 5.82 Å². The van der Waals surface area contributed by atoms with Gasteiger partial charge in [0.25, 0.3) is 0 Å². The first kappa shape index (κ1) is 12.6. The fourth-order valence-corrected chi connectivity index (χ4v) is 2.00. The maximum Gasteiger partial charge on any atom is 0.451 e. The van der Waals surface area contributed by atoms with Gasteiger partial charge in [0.05, 0.1) is 5.52 Å². The maximum absolute atomic E-state index is 12.6. The van der Waals surface area contributed by atoms with Crippen molar-refractivity contribution in [2.75, 3.05) is 0 Å². The highest BCUT2D eigenvalue weighted by Gasteiger charge is 2.35. The van der Waals surface area contributed by atoms with Crippen molar-refractivity contribution in [3.63, 3.8) is 0 Å². The monoisotopic (exact) mass is 278 g/mol. The highest BCUT2D eigenvalue weighted by molar-refractivity contribution is 5.92. The van der Waals surface area contributed by atoms with Crippen molar-refractivity contribution in [1.82, 2.24) is 20.2 Å². The number of nitrogens with one attached hydrogen (secondary N) is 1. The van der Waals surface area contributed by atoms with Crippen LogP contribution in [-0.4, -0.2) is 20.2 Å². The molecule has 1 N–H and O–H groups in total. The minimum Gasteiger partial charge on any atom is -0.255 e. The number of para-hydroxylation sites is 1. The number of H-pyrrole nitrogens is 1.